The SMILES string of the molecule is COc1cc(CNC[C@@H](O)[C@@H](N)Cc2ccccc2)cc(OC)c1. The third-order valence-corrected chi connectivity index (χ3v) is 3.90. The second-order valence-electron chi connectivity index (χ2n) is 5.77. The Morgan fingerprint density at radius 1 is 1.00 bits per heavy atom. The summed E-state index contributed by atoms with van der Waals surface area (Å²) in [6.07, 6.45) is 0.0362. The van der Waals surface area contributed by atoms with Gasteiger partial charge in [-0.3, -0.25) is 0 Å². The van der Waals surface area contributed by atoms with Gasteiger partial charge in [-0.05, 0) is 29.7 Å². The van der Waals surface area contributed by atoms with Crippen LogP contribution < -0.4 is 20.5 Å². The van der Waals surface area contributed by atoms with E-state index >= 15 is 0 Å². The van der Waals surface area contributed by atoms with E-state index in [9.17, 15) is 5.11 Å². The lowest BCUT2D eigenvalue weighted by Gasteiger charge is -2.19. The van der Waals surface area contributed by atoms with Crippen molar-refractivity contribution in [2.24, 2.45) is 5.73 Å². The Labute approximate surface area is 143 Å². The molecule has 0 unspecified atom stereocenters. The van der Waals surface area contributed by atoms with Gasteiger partial charge in [0.2, 0.25) is 0 Å². The van der Waals surface area contributed by atoms with Crippen LogP contribution in [0.2, 0.25) is 0 Å². The third kappa shape index (κ3) is 5.53. The van der Waals surface area contributed by atoms with Gasteiger partial charge in [0.1, 0.15) is 11.5 Å². The molecule has 0 saturated carbocycles. The fraction of sp³-hybridized carbons (Fsp3) is 0.368. The summed E-state index contributed by atoms with van der Waals surface area (Å²) in [5.74, 6) is 1.49. The lowest BCUT2D eigenvalue weighted by atomic mass is 10.0. The van der Waals surface area contributed by atoms with Crippen LogP contribution in [-0.4, -0.2) is 38.0 Å². The molecule has 0 aliphatic rings. The van der Waals surface area contributed by atoms with Gasteiger partial charge in [0.25, 0.3) is 0 Å². The predicted octanol–water partition coefficient (Wildman–Crippen LogP) is 1.72. The molecule has 0 aliphatic heterocycles. The number of hydrogen-bond donors (Lipinski definition) is 3. The second kappa shape index (κ2) is 9.27. The topological polar surface area (TPSA) is 76.7 Å². The number of nitrogens with two attached hydrogens (primary N) is 1. The van der Waals surface area contributed by atoms with Crippen LogP contribution in [-0.2, 0) is 13.0 Å². The van der Waals surface area contributed by atoms with Crippen molar-refractivity contribution in [2.75, 3.05) is 20.8 Å². The molecule has 130 valence electrons. The molecule has 0 aromatic heterocycles. The van der Waals surface area contributed by atoms with E-state index in [-0.39, 0.29) is 6.04 Å². The average molecular weight is 330 g/mol. The molecule has 0 fully saturated rings. The van der Waals surface area contributed by atoms with Gasteiger partial charge in [-0.15, -0.1) is 0 Å². The van der Waals surface area contributed by atoms with Crippen molar-refractivity contribution >= 4 is 0 Å². The zero-order valence-corrected chi connectivity index (χ0v) is 14.2. The van der Waals surface area contributed by atoms with Gasteiger partial charge in [0.05, 0.1) is 20.3 Å². The highest BCUT2D eigenvalue weighted by molar-refractivity contribution is 5.38. The number of benzene rings is 2. The van der Waals surface area contributed by atoms with Crippen molar-refractivity contribution in [1.82, 2.24) is 5.32 Å². The summed E-state index contributed by atoms with van der Waals surface area (Å²) >= 11 is 0. The van der Waals surface area contributed by atoms with E-state index < -0.39 is 6.10 Å². The maximum absolute atomic E-state index is 10.2. The first kappa shape index (κ1) is 18.3. The van der Waals surface area contributed by atoms with E-state index in [2.05, 4.69) is 5.32 Å². The standard InChI is InChI=1S/C19H26N2O3/c1-23-16-8-15(9-17(11-16)24-2)12-21-13-19(22)18(20)10-14-6-4-3-5-7-14/h3-9,11,18-19,21-22H,10,12-13,20H2,1-2H3/t18-,19+/m0/s1. The lowest BCUT2D eigenvalue weighted by molar-refractivity contribution is 0.141. The molecule has 0 bridgehead atoms. The molecule has 2 rings (SSSR count). The van der Waals surface area contributed by atoms with Gasteiger partial charge in [0, 0.05) is 25.2 Å². The fourth-order valence-electron chi connectivity index (χ4n) is 2.51. The van der Waals surface area contributed by atoms with E-state index in [0.29, 0.717) is 19.5 Å². The quantitative estimate of drug-likeness (QED) is 0.653. The van der Waals surface area contributed by atoms with Crippen LogP contribution in [0, 0.1) is 0 Å². The molecule has 0 radical (unpaired) electrons. The summed E-state index contributed by atoms with van der Waals surface area (Å²) in [7, 11) is 3.25. The number of aliphatic hydroxyl groups is 1. The number of hydrogen-bond acceptors (Lipinski definition) is 5. The molecule has 0 aliphatic carbocycles. The number of rotatable bonds is 9. The minimum absolute atomic E-state index is 0.306. The van der Waals surface area contributed by atoms with Gasteiger partial charge >= 0.3 is 0 Å². The maximum Gasteiger partial charge on any atom is 0.122 e. The smallest absolute Gasteiger partial charge is 0.122 e. The van der Waals surface area contributed by atoms with E-state index in [4.69, 9.17) is 15.2 Å². The van der Waals surface area contributed by atoms with Crippen molar-refractivity contribution in [3.8, 4) is 11.5 Å². The molecule has 24 heavy (non-hydrogen) atoms. The third-order valence-electron chi connectivity index (χ3n) is 3.90. The highest BCUT2D eigenvalue weighted by atomic mass is 16.5. The molecule has 5 nitrogen and oxygen atoms in total. The van der Waals surface area contributed by atoms with Crippen LogP contribution >= 0.6 is 0 Å². The van der Waals surface area contributed by atoms with Crippen LogP contribution in [0.5, 0.6) is 11.5 Å². The largest absolute Gasteiger partial charge is 0.497 e. The van der Waals surface area contributed by atoms with Crippen LogP contribution in [0.15, 0.2) is 48.5 Å². The van der Waals surface area contributed by atoms with Crippen molar-refractivity contribution in [2.45, 2.75) is 25.1 Å². The van der Waals surface area contributed by atoms with E-state index in [1.165, 1.54) is 0 Å². The first-order valence-electron chi connectivity index (χ1n) is 8.02. The molecule has 0 heterocycles. The molecule has 2 aromatic rings. The summed E-state index contributed by atoms with van der Waals surface area (Å²) in [6.45, 7) is 1.02. The van der Waals surface area contributed by atoms with Gasteiger partial charge in [-0.1, -0.05) is 30.3 Å². The monoisotopic (exact) mass is 330 g/mol. The van der Waals surface area contributed by atoms with Crippen LogP contribution in [0.3, 0.4) is 0 Å². The highest BCUT2D eigenvalue weighted by Crippen LogP contribution is 2.22. The summed E-state index contributed by atoms with van der Waals surface area (Å²) in [4.78, 5) is 0. The Bertz CT molecular complexity index is 597. The van der Waals surface area contributed by atoms with Crippen molar-refractivity contribution in [1.29, 1.82) is 0 Å². The average Bonchev–Trinajstić information content (AvgIpc) is 2.62. The van der Waals surface area contributed by atoms with Crippen molar-refractivity contribution in [3.05, 3.63) is 59.7 Å². The first-order valence-corrected chi connectivity index (χ1v) is 8.02. The zero-order chi connectivity index (χ0) is 17.4. The first-order chi connectivity index (χ1) is 11.6. The molecule has 2 atom stereocenters. The molecular formula is C19H26N2O3. The molecule has 2 aromatic carbocycles. The second-order valence-corrected chi connectivity index (χ2v) is 5.77. The number of ether oxygens (including phenoxy) is 2. The van der Waals surface area contributed by atoms with Gasteiger partial charge in [-0.2, -0.15) is 0 Å². The van der Waals surface area contributed by atoms with E-state index in [1.54, 1.807) is 14.2 Å². The minimum Gasteiger partial charge on any atom is -0.497 e. The molecular weight excluding hydrogens is 304 g/mol. The van der Waals surface area contributed by atoms with Gasteiger partial charge < -0.3 is 25.6 Å². The van der Waals surface area contributed by atoms with Crippen LogP contribution in [0.25, 0.3) is 0 Å². The van der Waals surface area contributed by atoms with E-state index in [0.717, 1.165) is 22.6 Å². The summed E-state index contributed by atoms with van der Waals surface area (Å²) in [5.41, 5.74) is 8.24. The predicted molar refractivity (Wildman–Crippen MR) is 95.4 cm³/mol. The number of nitrogens with one attached hydrogen (secondary N) is 1. The van der Waals surface area contributed by atoms with Crippen LogP contribution in [0.1, 0.15) is 11.1 Å². The fourth-order valence-corrected chi connectivity index (χ4v) is 2.51. The Morgan fingerprint density at radius 3 is 2.21 bits per heavy atom. The van der Waals surface area contributed by atoms with Crippen LogP contribution in [0.4, 0.5) is 0 Å². The van der Waals surface area contributed by atoms with Crippen molar-refractivity contribution in [3.63, 3.8) is 0 Å². The molecule has 0 amide bonds. The Morgan fingerprint density at radius 2 is 1.62 bits per heavy atom. The summed E-state index contributed by atoms with van der Waals surface area (Å²) in [5, 5.41) is 13.5. The zero-order valence-electron chi connectivity index (χ0n) is 14.2. The number of methoxy groups -OCH3 is 2. The Kier molecular flexibility index (Phi) is 7.06. The highest BCUT2D eigenvalue weighted by Gasteiger charge is 2.15. The number of aliphatic hydroxyl groups excluding tert-OH is 1. The van der Waals surface area contributed by atoms with Crippen molar-refractivity contribution < 1.29 is 14.6 Å². The normalized spacial score (nSPS) is 13.3. The van der Waals surface area contributed by atoms with E-state index in [1.807, 2.05) is 48.5 Å². The molecule has 0 saturated heterocycles. The molecule has 0 spiro atoms. The summed E-state index contributed by atoms with van der Waals surface area (Å²) in [6, 6.07) is 15.3. The molecule has 5 heteroatoms. The lowest BCUT2D eigenvalue weighted by Crippen LogP contribution is -2.42. The Balaban J connectivity index is 1.82. The maximum atomic E-state index is 10.2. The summed E-state index contributed by atoms with van der Waals surface area (Å²) < 4.78 is 10.5. The molecule has 4 N–H and O–H groups in total. The van der Waals surface area contributed by atoms with Gasteiger partial charge in [0.15, 0.2) is 0 Å². The van der Waals surface area contributed by atoms with Gasteiger partial charge in [-0.25, -0.2) is 0 Å². The Hall–Kier alpha value is -2.08. The minimum atomic E-state index is -0.613.